The minimum Gasteiger partial charge on any atom is -0.212 e. The van der Waals surface area contributed by atoms with Crippen LogP contribution in [0.5, 0.6) is 0 Å². The summed E-state index contributed by atoms with van der Waals surface area (Å²) in [4.78, 5) is 4.23. The van der Waals surface area contributed by atoms with Crippen molar-refractivity contribution < 1.29 is 0 Å². The number of benzene rings is 1. The van der Waals surface area contributed by atoms with Crippen LogP contribution in [0.25, 0.3) is 0 Å². The molecule has 0 radical (unpaired) electrons. The SMILES string of the molecule is Brc1nc(Cc2ccccc2)ns1. The number of halogens is 1. The van der Waals surface area contributed by atoms with Gasteiger partial charge in [-0.15, -0.1) is 0 Å². The van der Waals surface area contributed by atoms with Gasteiger partial charge in [0.2, 0.25) is 0 Å². The van der Waals surface area contributed by atoms with Crippen molar-refractivity contribution in [2.45, 2.75) is 6.42 Å². The van der Waals surface area contributed by atoms with E-state index in [4.69, 9.17) is 0 Å². The van der Waals surface area contributed by atoms with E-state index in [2.05, 4.69) is 37.4 Å². The zero-order valence-electron chi connectivity index (χ0n) is 6.77. The van der Waals surface area contributed by atoms with Gasteiger partial charge in [-0.05, 0) is 33.0 Å². The molecule has 1 aromatic carbocycles. The molecule has 1 aromatic heterocycles. The molecular weight excluding hydrogens is 248 g/mol. The molecule has 2 aromatic rings. The minimum absolute atomic E-state index is 0.808. The molecule has 0 bridgehead atoms. The Hall–Kier alpha value is -0.740. The molecule has 66 valence electrons. The average Bonchev–Trinajstić information content (AvgIpc) is 2.53. The largest absolute Gasteiger partial charge is 0.212 e. The maximum absolute atomic E-state index is 4.23. The maximum atomic E-state index is 4.23. The summed E-state index contributed by atoms with van der Waals surface area (Å²) in [5.41, 5.74) is 1.24. The van der Waals surface area contributed by atoms with Gasteiger partial charge < -0.3 is 0 Å². The Balaban J connectivity index is 2.15. The molecule has 0 spiro atoms. The fourth-order valence-electron chi connectivity index (χ4n) is 1.08. The molecule has 0 N–H and O–H groups in total. The van der Waals surface area contributed by atoms with E-state index < -0.39 is 0 Å². The van der Waals surface area contributed by atoms with Crippen LogP contribution in [-0.4, -0.2) is 9.36 Å². The van der Waals surface area contributed by atoms with Crippen molar-refractivity contribution in [3.8, 4) is 0 Å². The molecule has 0 saturated carbocycles. The van der Waals surface area contributed by atoms with E-state index in [9.17, 15) is 0 Å². The van der Waals surface area contributed by atoms with Crippen molar-refractivity contribution in [1.82, 2.24) is 9.36 Å². The number of hydrogen-bond donors (Lipinski definition) is 0. The van der Waals surface area contributed by atoms with Gasteiger partial charge in [0, 0.05) is 6.42 Å². The van der Waals surface area contributed by atoms with Crippen LogP contribution in [0.4, 0.5) is 0 Å². The highest BCUT2D eigenvalue weighted by atomic mass is 79.9. The quantitative estimate of drug-likeness (QED) is 0.824. The monoisotopic (exact) mass is 254 g/mol. The molecule has 2 rings (SSSR count). The van der Waals surface area contributed by atoms with E-state index in [1.54, 1.807) is 0 Å². The maximum Gasteiger partial charge on any atom is 0.179 e. The summed E-state index contributed by atoms with van der Waals surface area (Å²) in [6.07, 6.45) is 0.808. The van der Waals surface area contributed by atoms with Gasteiger partial charge in [0.05, 0.1) is 0 Å². The molecule has 1 heterocycles. The molecule has 4 heteroatoms. The zero-order chi connectivity index (χ0) is 9.10. The Bertz CT molecular complexity index is 386. The van der Waals surface area contributed by atoms with E-state index in [1.807, 2.05) is 18.2 Å². The second-order valence-electron chi connectivity index (χ2n) is 2.63. The number of hydrogen-bond acceptors (Lipinski definition) is 3. The van der Waals surface area contributed by atoms with Crippen LogP contribution in [0.1, 0.15) is 11.4 Å². The van der Waals surface area contributed by atoms with Crippen molar-refractivity contribution >= 4 is 27.5 Å². The van der Waals surface area contributed by atoms with Crippen molar-refractivity contribution in [2.24, 2.45) is 0 Å². The first-order valence-corrected chi connectivity index (χ1v) is 5.43. The van der Waals surface area contributed by atoms with Gasteiger partial charge >= 0.3 is 0 Å². The van der Waals surface area contributed by atoms with Gasteiger partial charge in [0.1, 0.15) is 5.82 Å². The minimum atomic E-state index is 0.808. The average molecular weight is 255 g/mol. The molecule has 13 heavy (non-hydrogen) atoms. The lowest BCUT2D eigenvalue weighted by Crippen LogP contribution is -1.89. The van der Waals surface area contributed by atoms with Crippen LogP contribution in [0, 0.1) is 0 Å². The van der Waals surface area contributed by atoms with E-state index in [1.165, 1.54) is 17.1 Å². The fourth-order valence-corrected chi connectivity index (χ4v) is 1.94. The lowest BCUT2D eigenvalue weighted by atomic mass is 10.1. The molecule has 0 amide bonds. The Kier molecular flexibility index (Phi) is 2.71. The summed E-state index contributed by atoms with van der Waals surface area (Å²) in [5.74, 6) is 0.878. The van der Waals surface area contributed by atoms with Gasteiger partial charge in [0.25, 0.3) is 0 Å². The fraction of sp³-hybridized carbons (Fsp3) is 0.111. The van der Waals surface area contributed by atoms with E-state index in [0.717, 1.165) is 16.2 Å². The number of aromatic nitrogens is 2. The molecule has 2 nitrogen and oxygen atoms in total. The predicted octanol–water partition coefficient (Wildman–Crippen LogP) is 2.89. The van der Waals surface area contributed by atoms with Crippen LogP contribution in [0.15, 0.2) is 34.2 Å². The topological polar surface area (TPSA) is 25.8 Å². The standard InChI is InChI=1S/C9H7BrN2S/c10-9-11-8(12-13-9)6-7-4-2-1-3-5-7/h1-5H,6H2. The third kappa shape index (κ3) is 2.35. The molecule has 0 aliphatic heterocycles. The summed E-state index contributed by atoms with van der Waals surface area (Å²) >= 11 is 4.67. The molecule has 0 aliphatic rings. The van der Waals surface area contributed by atoms with Crippen LogP contribution in [0.3, 0.4) is 0 Å². The number of nitrogens with zero attached hydrogens (tertiary/aromatic N) is 2. The van der Waals surface area contributed by atoms with Crippen LogP contribution >= 0.6 is 27.5 Å². The molecule has 0 fully saturated rings. The van der Waals surface area contributed by atoms with Gasteiger partial charge in [0.15, 0.2) is 3.92 Å². The highest BCUT2D eigenvalue weighted by molar-refractivity contribution is 9.11. The van der Waals surface area contributed by atoms with Gasteiger partial charge in [-0.3, -0.25) is 0 Å². The third-order valence-corrected chi connectivity index (χ3v) is 2.80. The van der Waals surface area contributed by atoms with Crippen molar-refractivity contribution in [1.29, 1.82) is 0 Å². The van der Waals surface area contributed by atoms with Gasteiger partial charge in [-0.2, -0.15) is 4.37 Å². The normalized spacial score (nSPS) is 10.2. The molecular formula is C9H7BrN2S. The van der Waals surface area contributed by atoms with Gasteiger partial charge in [-0.25, -0.2) is 4.98 Å². The van der Waals surface area contributed by atoms with E-state index >= 15 is 0 Å². The Morgan fingerprint density at radius 3 is 2.62 bits per heavy atom. The highest BCUT2D eigenvalue weighted by Crippen LogP contribution is 2.14. The van der Waals surface area contributed by atoms with Crippen molar-refractivity contribution in [3.05, 3.63) is 45.6 Å². The van der Waals surface area contributed by atoms with Crippen LogP contribution in [0.2, 0.25) is 0 Å². The summed E-state index contributed by atoms with van der Waals surface area (Å²) in [6, 6.07) is 10.2. The Morgan fingerprint density at radius 2 is 2.00 bits per heavy atom. The van der Waals surface area contributed by atoms with Crippen molar-refractivity contribution in [2.75, 3.05) is 0 Å². The Morgan fingerprint density at radius 1 is 1.23 bits per heavy atom. The zero-order valence-corrected chi connectivity index (χ0v) is 9.18. The van der Waals surface area contributed by atoms with E-state index in [0.29, 0.717) is 0 Å². The highest BCUT2D eigenvalue weighted by Gasteiger charge is 2.01. The second kappa shape index (κ2) is 3.98. The summed E-state index contributed by atoms with van der Waals surface area (Å²) in [7, 11) is 0. The first-order valence-electron chi connectivity index (χ1n) is 3.86. The van der Waals surface area contributed by atoms with E-state index in [-0.39, 0.29) is 0 Å². The lowest BCUT2D eigenvalue weighted by molar-refractivity contribution is 1.03. The second-order valence-corrected chi connectivity index (χ2v) is 4.65. The molecule has 0 unspecified atom stereocenters. The smallest absolute Gasteiger partial charge is 0.179 e. The van der Waals surface area contributed by atoms with Crippen LogP contribution < -0.4 is 0 Å². The molecule has 0 saturated heterocycles. The third-order valence-electron chi connectivity index (χ3n) is 1.65. The molecule has 0 atom stereocenters. The summed E-state index contributed by atoms with van der Waals surface area (Å²) in [5, 5.41) is 0. The van der Waals surface area contributed by atoms with Gasteiger partial charge in [-0.1, -0.05) is 30.3 Å². The first-order chi connectivity index (χ1) is 6.34. The summed E-state index contributed by atoms with van der Waals surface area (Å²) < 4.78 is 5.04. The predicted molar refractivity (Wildman–Crippen MR) is 56.9 cm³/mol. The van der Waals surface area contributed by atoms with Crippen LogP contribution in [-0.2, 0) is 6.42 Å². The summed E-state index contributed by atoms with van der Waals surface area (Å²) in [6.45, 7) is 0. The molecule has 0 aliphatic carbocycles. The lowest BCUT2D eigenvalue weighted by Gasteiger charge is -1.94. The Labute approximate surface area is 88.9 Å². The first kappa shape index (κ1) is 8.84. The number of rotatable bonds is 2. The van der Waals surface area contributed by atoms with Crippen molar-refractivity contribution in [3.63, 3.8) is 0 Å².